The summed E-state index contributed by atoms with van der Waals surface area (Å²) >= 11 is 0. The predicted octanol–water partition coefficient (Wildman–Crippen LogP) is 2.57. The second-order valence-electron chi connectivity index (χ2n) is 6.43. The third kappa shape index (κ3) is 4.20. The molecule has 2 aromatic rings. The molecule has 0 aliphatic carbocycles. The van der Waals surface area contributed by atoms with Crippen molar-refractivity contribution in [3.63, 3.8) is 0 Å². The van der Waals surface area contributed by atoms with Crippen LogP contribution in [0.3, 0.4) is 0 Å². The molecule has 150 valence electrons. The molecule has 0 unspecified atom stereocenters. The average molecular weight is 412 g/mol. The lowest BCUT2D eigenvalue weighted by Gasteiger charge is -2.34. The average Bonchev–Trinajstić information content (AvgIpc) is 2.67. The first-order valence-corrected chi connectivity index (χ1v) is 10.2. The van der Waals surface area contributed by atoms with Gasteiger partial charge in [-0.1, -0.05) is 24.3 Å². The lowest BCUT2D eigenvalue weighted by molar-refractivity contribution is -0.132. The van der Waals surface area contributed by atoms with Crippen LogP contribution in [0, 0.1) is 17.5 Å². The summed E-state index contributed by atoms with van der Waals surface area (Å²) in [5, 5.41) is 0. The van der Waals surface area contributed by atoms with E-state index in [1.807, 2.05) is 0 Å². The Morgan fingerprint density at radius 1 is 0.857 bits per heavy atom. The molecule has 1 heterocycles. The van der Waals surface area contributed by atoms with Crippen LogP contribution in [0.1, 0.15) is 12.0 Å². The van der Waals surface area contributed by atoms with Crippen LogP contribution in [0.2, 0.25) is 0 Å². The fourth-order valence-corrected chi connectivity index (χ4v) is 4.67. The predicted molar refractivity (Wildman–Crippen MR) is 96.4 cm³/mol. The fourth-order valence-electron chi connectivity index (χ4n) is 3.14. The van der Waals surface area contributed by atoms with Crippen molar-refractivity contribution in [2.45, 2.75) is 17.7 Å². The zero-order valence-corrected chi connectivity index (χ0v) is 15.8. The van der Waals surface area contributed by atoms with Gasteiger partial charge in [0, 0.05) is 32.6 Å². The van der Waals surface area contributed by atoms with Crippen molar-refractivity contribution in [1.82, 2.24) is 9.21 Å². The van der Waals surface area contributed by atoms with E-state index in [2.05, 4.69) is 0 Å². The van der Waals surface area contributed by atoms with Crippen LogP contribution >= 0.6 is 0 Å². The molecule has 9 heteroatoms. The zero-order valence-electron chi connectivity index (χ0n) is 14.9. The zero-order chi connectivity index (χ0) is 20.3. The first kappa shape index (κ1) is 20.3. The number of benzene rings is 2. The third-order valence-electron chi connectivity index (χ3n) is 4.67. The van der Waals surface area contributed by atoms with E-state index in [0.29, 0.717) is 5.56 Å². The maximum Gasteiger partial charge on any atom is 0.249 e. The molecule has 0 atom stereocenters. The van der Waals surface area contributed by atoms with Gasteiger partial charge in [-0.05, 0) is 30.2 Å². The molecule has 1 aliphatic rings. The van der Waals surface area contributed by atoms with Crippen molar-refractivity contribution >= 4 is 15.9 Å². The van der Waals surface area contributed by atoms with Crippen LogP contribution in [0.25, 0.3) is 0 Å². The lowest BCUT2D eigenvalue weighted by atomic mass is 10.1. The van der Waals surface area contributed by atoms with Crippen LogP contribution in [0.15, 0.2) is 47.4 Å². The molecular formula is C19H19F3N2O3S. The summed E-state index contributed by atoms with van der Waals surface area (Å²) < 4.78 is 67.4. The number of amides is 1. The van der Waals surface area contributed by atoms with Crippen LogP contribution in [0.5, 0.6) is 0 Å². The molecule has 5 nitrogen and oxygen atoms in total. The highest BCUT2D eigenvalue weighted by molar-refractivity contribution is 7.89. The Labute approximate surface area is 161 Å². The summed E-state index contributed by atoms with van der Waals surface area (Å²) in [7, 11) is -4.34. The van der Waals surface area contributed by atoms with Crippen LogP contribution in [-0.2, 0) is 21.2 Å². The van der Waals surface area contributed by atoms with Crippen LogP contribution in [0.4, 0.5) is 13.2 Å². The number of rotatable bonds is 5. The largest absolute Gasteiger partial charge is 0.340 e. The number of nitrogens with zero attached hydrogens (tertiary/aromatic N) is 2. The van der Waals surface area contributed by atoms with Crippen molar-refractivity contribution in [2.24, 2.45) is 0 Å². The van der Waals surface area contributed by atoms with E-state index in [1.165, 1.54) is 11.0 Å². The molecule has 0 aromatic heterocycles. The minimum Gasteiger partial charge on any atom is -0.340 e. The molecule has 1 fully saturated rings. The van der Waals surface area contributed by atoms with Gasteiger partial charge in [0.1, 0.15) is 17.5 Å². The van der Waals surface area contributed by atoms with Crippen LogP contribution in [-0.4, -0.2) is 49.7 Å². The Morgan fingerprint density at radius 3 is 2.04 bits per heavy atom. The van der Waals surface area contributed by atoms with E-state index in [1.54, 1.807) is 18.2 Å². The van der Waals surface area contributed by atoms with E-state index in [4.69, 9.17) is 0 Å². The summed E-state index contributed by atoms with van der Waals surface area (Å²) in [6.45, 7) is 0.0694. The van der Waals surface area contributed by atoms with E-state index < -0.39 is 26.6 Å². The van der Waals surface area contributed by atoms with Crippen molar-refractivity contribution < 1.29 is 26.4 Å². The molecule has 0 radical (unpaired) electrons. The van der Waals surface area contributed by atoms with E-state index >= 15 is 0 Å². The van der Waals surface area contributed by atoms with Gasteiger partial charge in [0.25, 0.3) is 0 Å². The highest BCUT2D eigenvalue weighted by Gasteiger charge is 2.33. The summed E-state index contributed by atoms with van der Waals surface area (Å²) in [6, 6.07) is 9.06. The minimum absolute atomic E-state index is 0.0679. The quantitative estimate of drug-likeness (QED) is 0.759. The molecule has 1 amide bonds. The Kier molecular flexibility index (Phi) is 6.04. The highest BCUT2D eigenvalue weighted by Crippen LogP contribution is 2.23. The van der Waals surface area contributed by atoms with Crippen LogP contribution < -0.4 is 0 Å². The van der Waals surface area contributed by atoms with Crippen molar-refractivity contribution in [3.05, 3.63) is 65.5 Å². The van der Waals surface area contributed by atoms with Crippen molar-refractivity contribution in [2.75, 3.05) is 26.2 Å². The van der Waals surface area contributed by atoms with E-state index in [0.717, 1.165) is 22.5 Å². The SMILES string of the molecule is O=C(CCc1ccccc1F)N1CCN(S(=O)(=O)c2c(F)cccc2F)CC1. The molecule has 3 rings (SSSR count). The molecule has 2 aromatic carbocycles. The fraction of sp³-hybridized carbons (Fsp3) is 0.316. The minimum atomic E-state index is -4.34. The number of carbonyl (C=O) groups excluding carboxylic acids is 1. The number of hydrogen-bond donors (Lipinski definition) is 0. The van der Waals surface area contributed by atoms with Gasteiger partial charge in [-0.3, -0.25) is 4.79 Å². The molecule has 0 spiro atoms. The normalized spacial score (nSPS) is 15.6. The summed E-state index contributed by atoms with van der Waals surface area (Å²) in [4.78, 5) is 12.8. The number of carbonyl (C=O) groups is 1. The van der Waals surface area contributed by atoms with Gasteiger partial charge >= 0.3 is 0 Å². The number of sulfonamides is 1. The van der Waals surface area contributed by atoms with Gasteiger partial charge in [-0.2, -0.15) is 4.31 Å². The second-order valence-corrected chi connectivity index (χ2v) is 8.30. The number of halogens is 3. The monoisotopic (exact) mass is 412 g/mol. The molecule has 0 bridgehead atoms. The maximum absolute atomic E-state index is 13.9. The van der Waals surface area contributed by atoms with Gasteiger partial charge in [-0.15, -0.1) is 0 Å². The Balaban J connectivity index is 1.61. The Bertz CT molecular complexity index is 954. The number of piperazine rings is 1. The van der Waals surface area contributed by atoms with Crippen molar-refractivity contribution in [3.8, 4) is 0 Å². The first-order valence-electron chi connectivity index (χ1n) is 8.76. The number of aryl methyl sites for hydroxylation is 1. The summed E-state index contributed by atoms with van der Waals surface area (Å²) in [5.41, 5.74) is 0.437. The van der Waals surface area contributed by atoms with Gasteiger partial charge in [0.15, 0.2) is 4.90 Å². The van der Waals surface area contributed by atoms with E-state index in [-0.39, 0.29) is 50.7 Å². The first-order chi connectivity index (χ1) is 13.3. The maximum atomic E-state index is 13.9. The molecule has 1 saturated heterocycles. The molecule has 0 N–H and O–H groups in total. The molecule has 28 heavy (non-hydrogen) atoms. The van der Waals surface area contributed by atoms with Gasteiger partial charge in [0.2, 0.25) is 15.9 Å². The molecule has 0 saturated carbocycles. The van der Waals surface area contributed by atoms with E-state index in [9.17, 15) is 26.4 Å². The third-order valence-corrected chi connectivity index (χ3v) is 6.63. The summed E-state index contributed by atoms with van der Waals surface area (Å²) in [5.74, 6) is -2.90. The van der Waals surface area contributed by atoms with Gasteiger partial charge < -0.3 is 4.90 Å². The van der Waals surface area contributed by atoms with Gasteiger partial charge in [-0.25, -0.2) is 21.6 Å². The number of hydrogen-bond acceptors (Lipinski definition) is 3. The topological polar surface area (TPSA) is 57.7 Å². The summed E-state index contributed by atoms with van der Waals surface area (Å²) in [6.07, 6.45) is 0.333. The molecule has 1 aliphatic heterocycles. The Hall–Kier alpha value is -2.39. The lowest BCUT2D eigenvalue weighted by Crippen LogP contribution is -2.50. The second kappa shape index (κ2) is 8.32. The van der Waals surface area contributed by atoms with Gasteiger partial charge in [0.05, 0.1) is 0 Å². The smallest absolute Gasteiger partial charge is 0.249 e. The molecular weight excluding hydrogens is 393 g/mol. The van der Waals surface area contributed by atoms with Crippen molar-refractivity contribution in [1.29, 1.82) is 0 Å². The Morgan fingerprint density at radius 2 is 1.43 bits per heavy atom. The standard InChI is InChI=1S/C19H19F3N2O3S/c20-15-5-2-1-4-14(15)8-9-18(25)23-10-12-24(13-11-23)28(26,27)19-16(21)6-3-7-17(19)22/h1-7H,8-13H2. The highest BCUT2D eigenvalue weighted by atomic mass is 32.2.